The average Bonchev–Trinajstić information content (AvgIpc) is 2.27. The summed E-state index contributed by atoms with van der Waals surface area (Å²) in [4.78, 5) is 0. The van der Waals surface area contributed by atoms with Crippen molar-refractivity contribution in [2.24, 2.45) is 0 Å². The third-order valence-corrected chi connectivity index (χ3v) is 2.27. The standard InChI is InChI=1S/C11H11F6NO/c12-10(13,14)8-3-7(6-18-1-2-19)4-9(5-8)11(15,16)17/h3-5,18-19H,1-2,6H2. The van der Waals surface area contributed by atoms with Gasteiger partial charge < -0.3 is 10.4 Å². The van der Waals surface area contributed by atoms with Crippen LogP contribution < -0.4 is 5.32 Å². The fraction of sp³-hybridized carbons (Fsp3) is 0.455. The van der Waals surface area contributed by atoms with E-state index < -0.39 is 23.5 Å². The molecule has 0 radical (unpaired) electrons. The van der Waals surface area contributed by atoms with Gasteiger partial charge in [0.25, 0.3) is 0 Å². The van der Waals surface area contributed by atoms with Crippen LogP contribution in [0.4, 0.5) is 26.3 Å². The lowest BCUT2D eigenvalue weighted by Gasteiger charge is -2.14. The Morgan fingerprint density at radius 3 is 1.74 bits per heavy atom. The van der Waals surface area contributed by atoms with E-state index in [9.17, 15) is 26.3 Å². The first-order chi connectivity index (χ1) is 8.64. The average molecular weight is 287 g/mol. The number of hydrogen-bond donors (Lipinski definition) is 2. The molecule has 2 N–H and O–H groups in total. The number of alkyl halides is 6. The van der Waals surface area contributed by atoms with Crippen molar-refractivity contribution in [3.8, 4) is 0 Å². The molecule has 108 valence electrons. The maximum Gasteiger partial charge on any atom is 0.416 e. The molecular weight excluding hydrogens is 276 g/mol. The van der Waals surface area contributed by atoms with Crippen molar-refractivity contribution in [3.63, 3.8) is 0 Å². The first kappa shape index (κ1) is 15.8. The number of aliphatic hydroxyl groups is 1. The molecule has 2 nitrogen and oxygen atoms in total. The maximum absolute atomic E-state index is 12.5. The van der Waals surface area contributed by atoms with Crippen LogP contribution >= 0.6 is 0 Å². The van der Waals surface area contributed by atoms with Gasteiger partial charge in [0.2, 0.25) is 0 Å². The van der Waals surface area contributed by atoms with E-state index in [0.29, 0.717) is 12.1 Å². The molecule has 0 saturated carbocycles. The van der Waals surface area contributed by atoms with E-state index in [1.807, 2.05) is 0 Å². The van der Waals surface area contributed by atoms with Gasteiger partial charge in [-0.3, -0.25) is 0 Å². The summed E-state index contributed by atoms with van der Waals surface area (Å²) in [5.41, 5.74) is -2.83. The minimum absolute atomic E-state index is 0.0789. The van der Waals surface area contributed by atoms with Crippen LogP contribution in [0.2, 0.25) is 0 Å². The minimum atomic E-state index is -4.84. The van der Waals surface area contributed by atoms with Gasteiger partial charge in [0, 0.05) is 13.1 Å². The van der Waals surface area contributed by atoms with E-state index >= 15 is 0 Å². The van der Waals surface area contributed by atoms with Crippen molar-refractivity contribution in [2.45, 2.75) is 18.9 Å². The van der Waals surface area contributed by atoms with Crippen LogP contribution in [0.3, 0.4) is 0 Å². The zero-order valence-corrected chi connectivity index (χ0v) is 9.57. The molecule has 0 aliphatic carbocycles. The monoisotopic (exact) mass is 287 g/mol. The molecule has 0 amide bonds. The molecule has 0 atom stereocenters. The first-order valence-electron chi connectivity index (χ1n) is 5.24. The topological polar surface area (TPSA) is 32.3 Å². The van der Waals surface area contributed by atoms with Gasteiger partial charge in [-0.05, 0) is 23.8 Å². The predicted octanol–water partition coefficient (Wildman–Crippen LogP) is 2.81. The Kier molecular flexibility index (Phi) is 4.81. The molecule has 1 rings (SSSR count). The Morgan fingerprint density at radius 2 is 1.37 bits per heavy atom. The largest absolute Gasteiger partial charge is 0.416 e. The molecule has 0 fully saturated rings. The van der Waals surface area contributed by atoms with E-state index in [1.54, 1.807) is 0 Å². The summed E-state index contributed by atoms with van der Waals surface area (Å²) in [5, 5.41) is 11.0. The van der Waals surface area contributed by atoms with Crippen LogP contribution in [-0.4, -0.2) is 18.3 Å². The number of hydrogen-bond acceptors (Lipinski definition) is 2. The van der Waals surface area contributed by atoms with Crippen LogP contribution in [0.5, 0.6) is 0 Å². The van der Waals surface area contributed by atoms with Gasteiger partial charge in [-0.2, -0.15) is 26.3 Å². The molecule has 0 aromatic heterocycles. The molecule has 0 spiro atoms. The van der Waals surface area contributed by atoms with Crippen molar-refractivity contribution < 1.29 is 31.4 Å². The second-order valence-electron chi connectivity index (χ2n) is 3.81. The van der Waals surface area contributed by atoms with Crippen molar-refractivity contribution in [2.75, 3.05) is 13.2 Å². The van der Waals surface area contributed by atoms with E-state index in [1.165, 1.54) is 0 Å². The Balaban J connectivity index is 3.10. The highest BCUT2D eigenvalue weighted by molar-refractivity contribution is 5.33. The molecular formula is C11H11F6NO. The number of aliphatic hydroxyl groups excluding tert-OH is 1. The Morgan fingerprint density at radius 1 is 0.895 bits per heavy atom. The first-order valence-corrected chi connectivity index (χ1v) is 5.24. The second-order valence-corrected chi connectivity index (χ2v) is 3.81. The van der Waals surface area contributed by atoms with Gasteiger partial charge >= 0.3 is 12.4 Å². The quantitative estimate of drug-likeness (QED) is 0.659. The molecule has 1 aromatic rings. The Bertz CT molecular complexity index is 394. The molecule has 0 aliphatic rings. The van der Waals surface area contributed by atoms with Crippen molar-refractivity contribution in [3.05, 3.63) is 34.9 Å². The summed E-state index contributed by atoms with van der Waals surface area (Å²) in [7, 11) is 0. The SMILES string of the molecule is OCCNCc1cc(C(F)(F)F)cc(C(F)(F)F)c1. The van der Waals surface area contributed by atoms with E-state index in [2.05, 4.69) is 5.32 Å². The van der Waals surface area contributed by atoms with Crippen LogP contribution in [0, 0.1) is 0 Å². The van der Waals surface area contributed by atoms with Gasteiger partial charge in [0.1, 0.15) is 0 Å². The maximum atomic E-state index is 12.5. The highest BCUT2D eigenvalue weighted by atomic mass is 19.4. The number of halogens is 6. The van der Waals surface area contributed by atoms with Crippen LogP contribution in [0.1, 0.15) is 16.7 Å². The van der Waals surface area contributed by atoms with Crippen molar-refractivity contribution in [1.29, 1.82) is 0 Å². The lowest BCUT2D eigenvalue weighted by molar-refractivity contribution is -0.143. The highest BCUT2D eigenvalue weighted by Gasteiger charge is 2.36. The van der Waals surface area contributed by atoms with Crippen molar-refractivity contribution in [1.82, 2.24) is 5.32 Å². The van der Waals surface area contributed by atoms with E-state index in [-0.39, 0.29) is 31.3 Å². The third-order valence-electron chi connectivity index (χ3n) is 2.27. The summed E-state index contributed by atoms with van der Waals surface area (Å²) in [5.74, 6) is 0. The van der Waals surface area contributed by atoms with E-state index in [0.717, 1.165) is 0 Å². The van der Waals surface area contributed by atoms with Crippen LogP contribution in [0.15, 0.2) is 18.2 Å². The lowest BCUT2D eigenvalue weighted by Crippen LogP contribution is -2.19. The molecule has 0 bridgehead atoms. The summed E-state index contributed by atoms with van der Waals surface area (Å²) in [6.45, 7) is -0.365. The van der Waals surface area contributed by atoms with Crippen LogP contribution in [-0.2, 0) is 18.9 Å². The summed E-state index contributed by atoms with van der Waals surface area (Å²) in [6, 6.07) is 1.38. The predicted molar refractivity (Wildman–Crippen MR) is 55.2 cm³/mol. The summed E-state index contributed by atoms with van der Waals surface area (Å²) in [6.07, 6.45) is -9.68. The van der Waals surface area contributed by atoms with Gasteiger partial charge in [0.05, 0.1) is 17.7 Å². The zero-order chi connectivity index (χ0) is 14.7. The molecule has 0 unspecified atom stereocenters. The lowest BCUT2D eigenvalue weighted by atomic mass is 10.0. The highest BCUT2D eigenvalue weighted by Crippen LogP contribution is 2.36. The van der Waals surface area contributed by atoms with Crippen LogP contribution in [0.25, 0.3) is 0 Å². The third kappa shape index (κ3) is 4.71. The van der Waals surface area contributed by atoms with Gasteiger partial charge in [-0.15, -0.1) is 0 Å². The fourth-order valence-electron chi connectivity index (χ4n) is 1.43. The number of rotatable bonds is 4. The molecule has 19 heavy (non-hydrogen) atoms. The molecule has 1 aromatic carbocycles. The smallest absolute Gasteiger partial charge is 0.395 e. The molecule has 8 heteroatoms. The Labute approximate surface area is 105 Å². The van der Waals surface area contributed by atoms with E-state index in [4.69, 9.17) is 5.11 Å². The van der Waals surface area contributed by atoms with Gasteiger partial charge in [-0.1, -0.05) is 0 Å². The fourth-order valence-corrected chi connectivity index (χ4v) is 1.43. The van der Waals surface area contributed by atoms with Gasteiger partial charge in [0.15, 0.2) is 0 Å². The summed E-state index contributed by atoms with van der Waals surface area (Å²) >= 11 is 0. The normalized spacial score (nSPS) is 12.8. The zero-order valence-electron chi connectivity index (χ0n) is 9.57. The van der Waals surface area contributed by atoms with Gasteiger partial charge in [-0.25, -0.2) is 0 Å². The minimum Gasteiger partial charge on any atom is -0.395 e. The van der Waals surface area contributed by atoms with Crippen molar-refractivity contribution >= 4 is 0 Å². The number of benzene rings is 1. The number of nitrogens with one attached hydrogen (secondary N) is 1. The molecule has 0 aliphatic heterocycles. The Hall–Kier alpha value is -1.28. The second kappa shape index (κ2) is 5.79. The molecule has 0 saturated heterocycles. The molecule has 0 heterocycles. The summed E-state index contributed by atoms with van der Waals surface area (Å²) < 4.78 is 75.0.